The molecule has 1 aromatic carbocycles. The summed E-state index contributed by atoms with van der Waals surface area (Å²) in [5.41, 5.74) is 2.84. The van der Waals surface area contributed by atoms with Gasteiger partial charge in [-0.05, 0) is 49.4 Å². The van der Waals surface area contributed by atoms with Crippen LogP contribution in [0.3, 0.4) is 0 Å². The fourth-order valence-corrected chi connectivity index (χ4v) is 3.88. The molecule has 168 valence electrons. The number of hydrogen-bond donors (Lipinski definition) is 1. The lowest BCUT2D eigenvalue weighted by Crippen LogP contribution is -2.40. The van der Waals surface area contributed by atoms with Crippen LogP contribution < -0.4 is 10.2 Å². The van der Waals surface area contributed by atoms with Gasteiger partial charge in [0.25, 0.3) is 0 Å². The SMILES string of the molecule is CCC(CC)C(=O)N(Cc1cc(NC(=O)C(C)C)ccc1N(C)C)CC1CCCO1. The average Bonchev–Trinajstić information content (AvgIpc) is 3.21. The third-order valence-corrected chi connectivity index (χ3v) is 5.81. The second kappa shape index (κ2) is 11.3. The van der Waals surface area contributed by atoms with Crippen LogP contribution in [0, 0.1) is 11.8 Å². The minimum absolute atomic E-state index is 0.0112. The van der Waals surface area contributed by atoms with E-state index in [2.05, 4.69) is 24.1 Å². The van der Waals surface area contributed by atoms with Gasteiger partial charge in [-0.25, -0.2) is 0 Å². The zero-order valence-electron chi connectivity index (χ0n) is 19.5. The molecule has 1 fully saturated rings. The molecule has 2 amide bonds. The largest absolute Gasteiger partial charge is 0.377 e. The Labute approximate surface area is 182 Å². The van der Waals surface area contributed by atoms with Gasteiger partial charge in [0.15, 0.2) is 0 Å². The maximum absolute atomic E-state index is 13.3. The van der Waals surface area contributed by atoms with Gasteiger partial charge in [-0.1, -0.05) is 27.7 Å². The van der Waals surface area contributed by atoms with Gasteiger partial charge in [-0.2, -0.15) is 0 Å². The quantitative estimate of drug-likeness (QED) is 0.617. The molecule has 6 nitrogen and oxygen atoms in total. The number of ether oxygens (including phenoxy) is 1. The summed E-state index contributed by atoms with van der Waals surface area (Å²) in [5.74, 6) is 0.118. The zero-order chi connectivity index (χ0) is 22.3. The van der Waals surface area contributed by atoms with Crippen molar-refractivity contribution in [2.45, 2.75) is 66.0 Å². The van der Waals surface area contributed by atoms with Gasteiger partial charge < -0.3 is 19.9 Å². The monoisotopic (exact) mass is 417 g/mol. The Bertz CT molecular complexity index is 708. The first-order chi connectivity index (χ1) is 14.3. The molecule has 2 rings (SSSR count). The Morgan fingerprint density at radius 3 is 2.43 bits per heavy atom. The predicted molar refractivity (Wildman–Crippen MR) is 123 cm³/mol. The number of carbonyl (C=O) groups excluding carboxylic acids is 2. The zero-order valence-corrected chi connectivity index (χ0v) is 19.5. The molecule has 0 radical (unpaired) electrons. The second-order valence-electron chi connectivity index (χ2n) is 8.75. The van der Waals surface area contributed by atoms with Gasteiger partial charge in [-0.15, -0.1) is 0 Å². The smallest absolute Gasteiger partial charge is 0.226 e. The van der Waals surface area contributed by atoms with E-state index in [1.165, 1.54) is 0 Å². The molecule has 0 saturated carbocycles. The standard InChI is InChI=1S/C24H39N3O3/c1-7-18(8-2)24(29)27(16-21-10-9-13-30-21)15-19-14-20(25-23(28)17(3)4)11-12-22(19)26(5)6/h11-12,14,17-18,21H,7-10,13,15-16H2,1-6H3,(H,25,28). The van der Waals surface area contributed by atoms with Crippen LogP contribution in [0.4, 0.5) is 11.4 Å². The predicted octanol–water partition coefficient (Wildman–Crippen LogP) is 4.29. The summed E-state index contributed by atoms with van der Waals surface area (Å²) in [6.07, 6.45) is 3.83. The van der Waals surface area contributed by atoms with Crippen LogP contribution in [0.25, 0.3) is 0 Å². The first-order valence-electron chi connectivity index (χ1n) is 11.3. The summed E-state index contributed by atoms with van der Waals surface area (Å²) in [7, 11) is 4.00. The minimum atomic E-state index is -0.0885. The fraction of sp³-hybridized carbons (Fsp3) is 0.667. The minimum Gasteiger partial charge on any atom is -0.377 e. The summed E-state index contributed by atoms with van der Waals surface area (Å²) in [4.78, 5) is 29.5. The van der Waals surface area contributed by atoms with Crippen molar-refractivity contribution in [3.63, 3.8) is 0 Å². The summed E-state index contributed by atoms with van der Waals surface area (Å²) in [5, 5.41) is 2.98. The number of rotatable bonds is 10. The van der Waals surface area contributed by atoms with Crippen LogP contribution >= 0.6 is 0 Å². The van der Waals surface area contributed by atoms with Crippen molar-refractivity contribution in [2.75, 3.05) is 37.5 Å². The molecule has 1 heterocycles. The van der Waals surface area contributed by atoms with Crippen molar-refractivity contribution in [3.05, 3.63) is 23.8 Å². The Morgan fingerprint density at radius 2 is 1.90 bits per heavy atom. The van der Waals surface area contributed by atoms with Gasteiger partial charge >= 0.3 is 0 Å². The molecular formula is C24H39N3O3. The van der Waals surface area contributed by atoms with E-state index in [4.69, 9.17) is 4.74 Å². The van der Waals surface area contributed by atoms with Gasteiger partial charge in [-0.3, -0.25) is 9.59 Å². The molecule has 1 atom stereocenters. The van der Waals surface area contributed by atoms with E-state index >= 15 is 0 Å². The highest BCUT2D eigenvalue weighted by Crippen LogP contribution is 2.27. The molecule has 1 N–H and O–H groups in total. The van der Waals surface area contributed by atoms with Gasteiger partial charge in [0.2, 0.25) is 11.8 Å². The molecule has 0 spiro atoms. The van der Waals surface area contributed by atoms with Gasteiger partial charge in [0.05, 0.1) is 6.10 Å². The third kappa shape index (κ3) is 6.46. The number of hydrogen-bond acceptors (Lipinski definition) is 4. The number of anilines is 2. The van der Waals surface area contributed by atoms with E-state index in [1.54, 1.807) is 0 Å². The summed E-state index contributed by atoms with van der Waals surface area (Å²) >= 11 is 0. The van der Waals surface area contributed by atoms with E-state index < -0.39 is 0 Å². The van der Waals surface area contributed by atoms with Crippen molar-refractivity contribution in [1.82, 2.24) is 4.90 Å². The first-order valence-corrected chi connectivity index (χ1v) is 11.3. The Morgan fingerprint density at radius 1 is 1.20 bits per heavy atom. The molecule has 6 heteroatoms. The first kappa shape index (κ1) is 24.2. The molecule has 30 heavy (non-hydrogen) atoms. The highest BCUT2D eigenvalue weighted by Gasteiger charge is 2.27. The fourth-order valence-electron chi connectivity index (χ4n) is 3.88. The Kier molecular flexibility index (Phi) is 9.15. The molecule has 0 aromatic heterocycles. The lowest BCUT2D eigenvalue weighted by Gasteiger charge is -2.30. The number of amides is 2. The van der Waals surface area contributed by atoms with Crippen LogP contribution in [0.1, 0.15) is 58.9 Å². The summed E-state index contributed by atoms with van der Waals surface area (Å²) < 4.78 is 5.84. The second-order valence-corrected chi connectivity index (χ2v) is 8.75. The van der Waals surface area contributed by atoms with E-state index in [1.807, 2.05) is 51.0 Å². The lowest BCUT2D eigenvalue weighted by atomic mass is 10.0. The van der Waals surface area contributed by atoms with E-state index in [0.717, 1.165) is 49.2 Å². The lowest BCUT2D eigenvalue weighted by molar-refractivity contribution is -0.138. The molecular weight excluding hydrogens is 378 g/mol. The maximum atomic E-state index is 13.3. The normalized spacial score (nSPS) is 16.2. The average molecular weight is 418 g/mol. The molecule has 1 saturated heterocycles. The number of nitrogens with zero attached hydrogens (tertiary/aromatic N) is 2. The topological polar surface area (TPSA) is 61.9 Å². The molecule has 1 aromatic rings. The molecule has 1 unspecified atom stereocenters. The van der Waals surface area contributed by atoms with Gasteiger partial charge in [0.1, 0.15) is 0 Å². The van der Waals surface area contributed by atoms with Crippen molar-refractivity contribution in [2.24, 2.45) is 11.8 Å². The highest BCUT2D eigenvalue weighted by molar-refractivity contribution is 5.92. The van der Waals surface area contributed by atoms with E-state index in [-0.39, 0.29) is 29.8 Å². The Balaban J connectivity index is 2.32. The van der Waals surface area contributed by atoms with E-state index in [0.29, 0.717) is 13.1 Å². The van der Waals surface area contributed by atoms with Crippen molar-refractivity contribution >= 4 is 23.2 Å². The van der Waals surface area contributed by atoms with Gasteiger partial charge in [0, 0.05) is 57.0 Å². The van der Waals surface area contributed by atoms with Crippen LogP contribution in [-0.2, 0) is 20.9 Å². The van der Waals surface area contributed by atoms with Crippen LogP contribution in [-0.4, -0.2) is 50.1 Å². The maximum Gasteiger partial charge on any atom is 0.226 e. The number of nitrogens with one attached hydrogen (secondary N) is 1. The summed E-state index contributed by atoms with van der Waals surface area (Å²) in [6.45, 7) is 9.80. The number of carbonyl (C=O) groups is 2. The summed E-state index contributed by atoms with van der Waals surface area (Å²) in [6, 6.07) is 5.93. The van der Waals surface area contributed by atoms with Crippen LogP contribution in [0.5, 0.6) is 0 Å². The highest BCUT2D eigenvalue weighted by atomic mass is 16.5. The molecule has 0 bridgehead atoms. The third-order valence-electron chi connectivity index (χ3n) is 5.81. The molecule has 0 aliphatic carbocycles. The van der Waals surface area contributed by atoms with E-state index in [9.17, 15) is 9.59 Å². The van der Waals surface area contributed by atoms with Crippen LogP contribution in [0.15, 0.2) is 18.2 Å². The number of benzene rings is 1. The van der Waals surface area contributed by atoms with Crippen molar-refractivity contribution in [1.29, 1.82) is 0 Å². The molecule has 1 aliphatic rings. The van der Waals surface area contributed by atoms with Crippen LogP contribution in [0.2, 0.25) is 0 Å². The molecule has 1 aliphatic heterocycles. The van der Waals surface area contributed by atoms with Crippen molar-refractivity contribution in [3.8, 4) is 0 Å². The van der Waals surface area contributed by atoms with Crippen molar-refractivity contribution < 1.29 is 14.3 Å². The Hall–Kier alpha value is -2.08.